The van der Waals surface area contributed by atoms with E-state index in [1.54, 1.807) is 32.9 Å². The first-order chi connectivity index (χ1) is 19.6. The van der Waals surface area contributed by atoms with Crippen molar-refractivity contribution < 1.29 is 24.2 Å². The number of hydrogen-bond acceptors (Lipinski definition) is 5. The maximum absolute atomic E-state index is 14.3. The summed E-state index contributed by atoms with van der Waals surface area (Å²) >= 11 is 0. The van der Waals surface area contributed by atoms with Crippen molar-refractivity contribution in [2.24, 2.45) is 0 Å². The van der Waals surface area contributed by atoms with Crippen LogP contribution in [0, 0.1) is 0 Å². The van der Waals surface area contributed by atoms with E-state index in [1.165, 1.54) is 17.0 Å². The molecule has 0 aromatic heterocycles. The normalized spacial score (nSPS) is 12.6. The molecule has 218 valence electrons. The summed E-state index contributed by atoms with van der Waals surface area (Å²) in [6.45, 7) is 7.85. The number of rotatable bonds is 12. The van der Waals surface area contributed by atoms with E-state index in [0.29, 0.717) is 18.5 Å². The van der Waals surface area contributed by atoms with Gasteiger partial charge in [-0.1, -0.05) is 86.1 Å². The van der Waals surface area contributed by atoms with Crippen molar-refractivity contribution in [3.8, 4) is 5.75 Å². The van der Waals surface area contributed by atoms with Gasteiger partial charge in [0.2, 0.25) is 11.8 Å². The highest BCUT2D eigenvalue weighted by molar-refractivity contribution is 5.92. The second kappa shape index (κ2) is 14.9. The summed E-state index contributed by atoms with van der Waals surface area (Å²) in [6.07, 6.45) is 0.948. The number of phenolic OH excluding ortho intramolecular Hbond substituents is 1. The number of carbonyl (C=O) groups is 3. The lowest BCUT2D eigenvalue weighted by Crippen LogP contribution is -2.54. The summed E-state index contributed by atoms with van der Waals surface area (Å²) < 4.78 is 5.48. The molecule has 3 amide bonds. The van der Waals surface area contributed by atoms with Crippen LogP contribution in [-0.2, 0) is 27.3 Å². The van der Waals surface area contributed by atoms with E-state index in [0.717, 1.165) is 17.5 Å². The van der Waals surface area contributed by atoms with Crippen molar-refractivity contribution in [2.45, 2.75) is 71.2 Å². The van der Waals surface area contributed by atoms with E-state index in [2.05, 4.69) is 10.6 Å². The fourth-order valence-electron chi connectivity index (χ4n) is 4.41. The number of nitrogens with zero attached hydrogens (tertiary/aromatic N) is 1. The van der Waals surface area contributed by atoms with E-state index in [-0.39, 0.29) is 24.6 Å². The number of nitrogens with one attached hydrogen (secondary N) is 2. The summed E-state index contributed by atoms with van der Waals surface area (Å²) in [5.74, 6) is -0.710. The van der Waals surface area contributed by atoms with E-state index in [4.69, 9.17) is 4.74 Å². The molecule has 0 saturated heterocycles. The van der Waals surface area contributed by atoms with Gasteiger partial charge < -0.3 is 25.4 Å². The van der Waals surface area contributed by atoms with Crippen molar-refractivity contribution in [1.29, 1.82) is 0 Å². The van der Waals surface area contributed by atoms with Gasteiger partial charge >= 0.3 is 6.09 Å². The summed E-state index contributed by atoms with van der Waals surface area (Å²) in [5.41, 5.74) is 1.57. The highest BCUT2D eigenvalue weighted by Gasteiger charge is 2.36. The van der Waals surface area contributed by atoms with Crippen molar-refractivity contribution in [1.82, 2.24) is 15.5 Å². The molecular weight excluding hydrogens is 518 g/mol. The number of alkyl carbamates (subject to hydrolysis) is 1. The summed E-state index contributed by atoms with van der Waals surface area (Å²) in [6, 6.07) is 23.2. The van der Waals surface area contributed by atoms with Gasteiger partial charge in [0.15, 0.2) is 0 Å². The molecule has 0 saturated carbocycles. The zero-order valence-electron chi connectivity index (χ0n) is 24.3. The van der Waals surface area contributed by atoms with Crippen LogP contribution in [0.15, 0.2) is 84.9 Å². The lowest BCUT2D eigenvalue weighted by molar-refractivity contribution is -0.142. The molecule has 0 radical (unpaired) electrons. The number of phenols is 1. The van der Waals surface area contributed by atoms with E-state index >= 15 is 0 Å². The second-order valence-electron chi connectivity index (χ2n) is 11.0. The smallest absolute Gasteiger partial charge is 0.408 e. The Bertz CT molecular complexity index is 1260. The van der Waals surface area contributed by atoms with Gasteiger partial charge in [0.25, 0.3) is 0 Å². The Morgan fingerprint density at radius 2 is 1.46 bits per heavy atom. The number of benzene rings is 3. The number of hydrogen-bond donors (Lipinski definition) is 3. The molecular formula is C33H41N3O5. The third kappa shape index (κ3) is 9.98. The first kappa shape index (κ1) is 31.2. The van der Waals surface area contributed by atoms with Crippen LogP contribution in [0.25, 0.3) is 0 Å². The highest BCUT2D eigenvalue weighted by atomic mass is 16.6. The Morgan fingerprint density at radius 1 is 0.878 bits per heavy atom. The molecule has 2 unspecified atom stereocenters. The average molecular weight is 560 g/mol. The molecule has 3 rings (SSSR count). The van der Waals surface area contributed by atoms with Crippen molar-refractivity contribution in [3.05, 3.63) is 102 Å². The summed E-state index contributed by atoms with van der Waals surface area (Å²) in [5, 5.41) is 15.7. The lowest BCUT2D eigenvalue weighted by Gasteiger charge is -2.34. The number of amides is 3. The van der Waals surface area contributed by atoms with Crippen LogP contribution in [0.1, 0.15) is 63.3 Å². The molecule has 41 heavy (non-hydrogen) atoms. The third-order valence-electron chi connectivity index (χ3n) is 6.39. The first-order valence-electron chi connectivity index (χ1n) is 14.0. The van der Waals surface area contributed by atoms with Gasteiger partial charge in [0.05, 0.1) is 0 Å². The fourth-order valence-corrected chi connectivity index (χ4v) is 4.41. The fraction of sp³-hybridized carbons (Fsp3) is 0.364. The molecule has 0 spiro atoms. The Balaban J connectivity index is 1.99. The van der Waals surface area contributed by atoms with Gasteiger partial charge in [-0.05, 0) is 56.0 Å². The van der Waals surface area contributed by atoms with Gasteiger partial charge in [0.1, 0.15) is 23.4 Å². The summed E-state index contributed by atoms with van der Waals surface area (Å²) in [4.78, 5) is 42.6. The molecule has 3 aromatic carbocycles. The van der Waals surface area contributed by atoms with Crippen molar-refractivity contribution in [2.75, 3.05) is 6.54 Å². The first-order valence-corrected chi connectivity index (χ1v) is 14.0. The standard InChI is InChI=1S/C33H41N3O5/c1-5-6-21-36(31(39)28(22-24-13-9-7-10-14-24)35-32(40)41-33(2,3)4)29(26-17-19-27(37)20-18-26)30(38)34-23-25-15-11-8-12-16-25/h7-20,28-29,37H,5-6,21-23H2,1-4H3,(H,34,38)(H,35,40). The van der Waals surface area contributed by atoms with Gasteiger partial charge in [-0.25, -0.2) is 4.79 Å². The van der Waals surface area contributed by atoms with Crippen LogP contribution in [0.3, 0.4) is 0 Å². The zero-order chi connectivity index (χ0) is 29.8. The molecule has 0 heterocycles. The van der Waals surface area contributed by atoms with Crippen LogP contribution < -0.4 is 10.6 Å². The van der Waals surface area contributed by atoms with Crippen LogP contribution in [-0.4, -0.2) is 46.1 Å². The largest absolute Gasteiger partial charge is 0.508 e. The SMILES string of the molecule is CCCCN(C(=O)C(Cc1ccccc1)NC(=O)OC(C)(C)C)C(C(=O)NCc1ccccc1)c1ccc(O)cc1. The number of unbranched alkanes of at least 4 members (excludes halogenated alkanes) is 1. The second-order valence-corrected chi connectivity index (χ2v) is 11.0. The topological polar surface area (TPSA) is 108 Å². The molecule has 3 N–H and O–H groups in total. The van der Waals surface area contributed by atoms with Crippen LogP contribution in [0.5, 0.6) is 5.75 Å². The van der Waals surface area contributed by atoms with Crippen LogP contribution in [0.4, 0.5) is 4.79 Å². The predicted molar refractivity (Wildman–Crippen MR) is 159 cm³/mol. The Labute approximate surface area is 242 Å². The predicted octanol–water partition coefficient (Wildman–Crippen LogP) is 5.51. The summed E-state index contributed by atoms with van der Waals surface area (Å²) in [7, 11) is 0. The molecule has 8 heteroatoms. The third-order valence-corrected chi connectivity index (χ3v) is 6.39. The molecule has 3 aromatic rings. The minimum absolute atomic E-state index is 0.0529. The van der Waals surface area contributed by atoms with Gasteiger partial charge in [0, 0.05) is 19.5 Å². The molecule has 0 bridgehead atoms. The molecule has 0 aliphatic heterocycles. The number of aromatic hydroxyl groups is 1. The number of ether oxygens (including phenoxy) is 1. The Kier molecular flexibility index (Phi) is 11.3. The van der Waals surface area contributed by atoms with Gasteiger partial charge in [-0.15, -0.1) is 0 Å². The monoisotopic (exact) mass is 559 g/mol. The minimum Gasteiger partial charge on any atom is -0.508 e. The minimum atomic E-state index is -0.989. The highest BCUT2D eigenvalue weighted by Crippen LogP contribution is 2.26. The molecule has 0 fully saturated rings. The quantitative estimate of drug-likeness (QED) is 0.271. The maximum Gasteiger partial charge on any atom is 0.408 e. The van der Waals surface area contributed by atoms with Crippen LogP contribution >= 0.6 is 0 Å². The Morgan fingerprint density at radius 3 is 2.02 bits per heavy atom. The number of carbonyl (C=O) groups excluding carboxylic acids is 3. The van der Waals surface area contributed by atoms with Gasteiger partial charge in [-0.3, -0.25) is 9.59 Å². The molecule has 8 nitrogen and oxygen atoms in total. The van der Waals surface area contributed by atoms with E-state index in [1.807, 2.05) is 67.6 Å². The van der Waals surface area contributed by atoms with Crippen LogP contribution in [0.2, 0.25) is 0 Å². The molecule has 0 aliphatic carbocycles. The zero-order valence-corrected chi connectivity index (χ0v) is 24.3. The van der Waals surface area contributed by atoms with Crippen molar-refractivity contribution in [3.63, 3.8) is 0 Å². The van der Waals surface area contributed by atoms with Gasteiger partial charge in [-0.2, -0.15) is 0 Å². The maximum atomic E-state index is 14.3. The Hall–Kier alpha value is -4.33. The van der Waals surface area contributed by atoms with E-state index in [9.17, 15) is 19.5 Å². The average Bonchev–Trinajstić information content (AvgIpc) is 2.94. The lowest BCUT2D eigenvalue weighted by atomic mass is 9.99. The molecule has 2 atom stereocenters. The molecule has 0 aliphatic rings. The van der Waals surface area contributed by atoms with Crippen molar-refractivity contribution >= 4 is 17.9 Å². The van der Waals surface area contributed by atoms with E-state index < -0.39 is 29.7 Å².